The molecule has 0 amide bonds. The van der Waals surface area contributed by atoms with Gasteiger partial charge in [-0.15, -0.1) is 0 Å². The van der Waals surface area contributed by atoms with Crippen LogP contribution in [0.4, 0.5) is 0 Å². The van der Waals surface area contributed by atoms with Crippen LogP contribution < -0.4 is 0 Å². The van der Waals surface area contributed by atoms with Gasteiger partial charge in [-0.05, 0) is 43.9 Å². The second-order valence-electron chi connectivity index (χ2n) is 4.63. The van der Waals surface area contributed by atoms with Crippen molar-refractivity contribution in [2.45, 2.75) is 27.2 Å². The Kier molecular flexibility index (Phi) is 5.26. The van der Waals surface area contributed by atoms with Gasteiger partial charge in [-0.3, -0.25) is 0 Å². The number of aliphatic carboxylic acids is 2. The van der Waals surface area contributed by atoms with Crippen molar-refractivity contribution >= 4 is 11.9 Å². The number of benzene rings is 1. The number of carboxylic acid groups (broad SMARTS) is 2. The Labute approximate surface area is 118 Å². The molecule has 0 heterocycles. The predicted molar refractivity (Wildman–Crippen MR) is 76.5 cm³/mol. The van der Waals surface area contributed by atoms with E-state index in [1.165, 1.54) is 13.8 Å². The van der Waals surface area contributed by atoms with Crippen molar-refractivity contribution < 1.29 is 19.8 Å². The van der Waals surface area contributed by atoms with E-state index in [9.17, 15) is 14.7 Å². The lowest BCUT2D eigenvalue weighted by Crippen LogP contribution is -2.08. The maximum absolute atomic E-state index is 11.2. The molecule has 0 saturated carbocycles. The van der Waals surface area contributed by atoms with Gasteiger partial charge < -0.3 is 10.2 Å². The summed E-state index contributed by atoms with van der Waals surface area (Å²) in [6.45, 7) is 4.63. The van der Waals surface area contributed by atoms with E-state index in [1.807, 2.05) is 30.3 Å². The first-order valence-electron chi connectivity index (χ1n) is 6.22. The lowest BCUT2D eigenvalue weighted by molar-refractivity contribution is -0.133. The highest BCUT2D eigenvalue weighted by molar-refractivity contribution is 5.91. The Balaban J connectivity index is 3.32. The molecule has 4 nitrogen and oxygen atoms in total. The quantitative estimate of drug-likeness (QED) is 0.639. The lowest BCUT2D eigenvalue weighted by Gasteiger charge is -2.13. The minimum absolute atomic E-state index is 0.163. The largest absolute Gasteiger partial charge is 0.478 e. The summed E-state index contributed by atoms with van der Waals surface area (Å²) in [7, 11) is 0. The molecule has 0 radical (unpaired) electrons. The van der Waals surface area contributed by atoms with E-state index in [4.69, 9.17) is 5.11 Å². The van der Waals surface area contributed by atoms with Gasteiger partial charge in [-0.1, -0.05) is 30.3 Å². The number of hydrogen-bond donors (Lipinski definition) is 2. The highest BCUT2D eigenvalue weighted by atomic mass is 16.4. The summed E-state index contributed by atoms with van der Waals surface area (Å²) in [4.78, 5) is 22.3. The average molecular weight is 274 g/mol. The first kappa shape index (κ1) is 15.7. The number of rotatable bonds is 5. The maximum atomic E-state index is 11.2. The van der Waals surface area contributed by atoms with Crippen LogP contribution in [-0.2, 0) is 16.0 Å². The fourth-order valence-electron chi connectivity index (χ4n) is 1.86. The van der Waals surface area contributed by atoms with Gasteiger partial charge in [0.25, 0.3) is 0 Å². The summed E-state index contributed by atoms with van der Waals surface area (Å²) in [5.41, 5.74) is 2.33. The van der Waals surface area contributed by atoms with Crippen LogP contribution in [0.25, 0.3) is 0 Å². The molecule has 0 aliphatic rings. The molecule has 2 N–H and O–H groups in total. The molecule has 1 aromatic carbocycles. The van der Waals surface area contributed by atoms with Crippen LogP contribution in [0.5, 0.6) is 0 Å². The molecule has 0 aromatic heterocycles. The molecule has 0 bridgehead atoms. The zero-order valence-electron chi connectivity index (χ0n) is 11.8. The summed E-state index contributed by atoms with van der Waals surface area (Å²) in [5, 5.41) is 18.2. The normalized spacial score (nSPS) is 13.3. The summed E-state index contributed by atoms with van der Waals surface area (Å²) < 4.78 is 0. The van der Waals surface area contributed by atoms with Gasteiger partial charge in [0.05, 0.1) is 0 Å². The van der Waals surface area contributed by atoms with Crippen LogP contribution in [0, 0.1) is 0 Å². The molecule has 0 fully saturated rings. The van der Waals surface area contributed by atoms with Gasteiger partial charge in [0, 0.05) is 11.1 Å². The molecule has 0 aliphatic carbocycles. The Morgan fingerprint density at radius 1 is 0.850 bits per heavy atom. The summed E-state index contributed by atoms with van der Waals surface area (Å²) in [6, 6.07) is 9.39. The van der Waals surface area contributed by atoms with Crippen molar-refractivity contribution in [3.8, 4) is 0 Å². The molecule has 0 spiro atoms. The van der Waals surface area contributed by atoms with Gasteiger partial charge in [-0.2, -0.15) is 0 Å². The number of carbonyl (C=O) groups is 2. The van der Waals surface area contributed by atoms with Crippen molar-refractivity contribution in [2.75, 3.05) is 0 Å². The zero-order chi connectivity index (χ0) is 15.3. The highest BCUT2D eigenvalue weighted by Gasteiger charge is 2.16. The van der Waals surface area contributed by atoms with Crippen LogP contribution in [0.2, 0.25) is 0 Å². The fraction of sp³-hybridized carbons (Fsp3) is 0.250. The molecule has 4 heteroatoms. The van der Waals surface area contributed by atoms with E-state index in [0.29, 0.717) is 17.6 Å². The second-order valence-corrected chi connectivity index (χ2v) is 4.63. The van der Waals surface area contributed by atoms with Crippen LogP contribution in [0.15, 0.2) is 52.6 Å². The molecule has 1 aromatic rings. The van der Waals surface area contributed by atoms with E-state index in [0.717, 1.165) is 5.56 Å². The molecular weight excluding hydrogens is 256 g/mol. The predicted octanol–water partition coefficient (Wildman–Crippen LogP) is 3.05. The maximum Gasteiger partial charge on any atom is 0.331 e. The minimum Gasteiger partial charge on any atom is -0.478 e. The number of allylic oxidation sites excluding steroid dienone is 2. The van der Waals surface area contributed by atoms with Gasteiger partial charge in [0.15, 0.2) is 0 Å². The Bertz CT molecular complexity index is 580. The van der Waals surface area contributed by atoms with Crippen LogP contribution in [0.1, 0.15) is 26.3 Å². The van der Waals surface area contributed by atoms with Crippen molar-refractivity contribution in [3.63, 3.8) is 0 Å². The first-order chi connectivity index (χ1) is 9.34. The molecule has 1 rings (SSSR count). The Morgan fingerprint density at radius 2 is 1.35 bits per heavy atom. The van der Waals surface area contributed by atoms with E-state index < -0.39 is 11.9 Å². The summed E-state index contributed by atoms with van der Waals surface area (Å²) in [6.07, 6.45) is 0.398. The smallest absolute Gasteiger partial charge is 0.331 e. The van der Waals surface area contributed by atoms with Gasteiger partial charge >= 0.3 is 11.9 Å². The molecule has 20 heavy (non-hydrogen) atoms. The topological polar surface area (TPSA) is 74.6 Å². The van der Waals surface area contributed by atoms with Crippen LogP contribution in [-0.4, -0.2) is 22.2 Å². The zero-order valence-corrected chi connectivity index (χ0v) is 11.8. The van der Waals surface area contributed by atoms with Crippen molar-refractivity contribution in [2.24, 2.45) is 0 Å². The van der Waals surface area contributed by atoms with Crippen molar-refractivity contribution in [3.05, 3.63) is 58.2 Å². The van der Waals surface area contributed by atoms with E-state index >= 15 is 0 Å². The van der Waals surface area contributed by atoms with Crippen molar-refractivity contribution in [1.29, 1.82) is 0 Å². The summed E-state index contributed by atoms with van der Waals surface area (Å²) >= 11 is 0. The average Bonchev–Trinajstić information content (AvgIpc) is 2.43. The Hall–Kier alpha value is -2.36. The molecule has 0 unspecified atom stereocenters. The summed E-state index contributed by atoms with van der Waals surface area (Å²) in [5.74, 6) is -2.07. The molecule has 0 atom stereocenters. The SMILES string of the molecule is CC(C(=O)O)=C(C)C(Cc1ccccc1)=C(C)C(=O)O. The monoisotopic (exact) mass is 274 g/mol. The third-order valence-corrected chi connectivity index (χ3v) is 3.33. The number of hydrogen-bond acceptors (Lipinski definition) is 2. The molecule has 106 valence electrons. The third kappa shape index (κ3) is 3.82. The van der Waals surface area contributed by atoms with Gasteiger partial charge in [-0.25, -0.2) is 9.59 Å². The highest BCUT2D eigenvalue weighted by Crippen LogP contribution is 2.23. The van der Waals surface area contributed by atoms with Gasteiger partial charge in [0.1, 0.15) is 0 Å². The van der Waals surface area contributed by atoms with Crippen LogP contribution >= 0.6 is 0 Å². The van der Waals surface area contributed by atoms with E-state index in [2.05, 4.69) is 0 Å². The second kappa shape index (κ2) is 6.70. The molecular formula is C16H18O4. The first-order valence-corrected chi connectivity index (χ1v) is 6.22. The van der Waals surface area contributed by atoms with Crippen molar-refractivity contribution in [1.82, 2.24) is 0 Å². The molecule has 0 aliphatic heterocycles. The van der Waals surface area contributed by atoms with E-state index in [1.54, 1.807) is 6.92 Å². The fourth-order valence-corrected chi connectivity index (χ4v) is 1.86. The van der Waals surface area contributed by atoms with Crippen LogP contribution in [0.3, 0.4) is 0 Å². The van der Waals surface area contributed by atoms with E-state index in [-0.39, 0.29) is 11.1 Å². The minimum atomic E-state index is -1.04. The Morgan fingerprint density at radius 3 is 1.80 bits per heavy atom. The lowest BCUT2D eigenvalue weighted by atomic mass is 9.92. The number of carboxylic acids is 2. The van der Waals surface area contributed by atoms with Gasteiger partial charge in [0.2, 0.25) is 0 Å². The third-order valence-electron chi connectivity index (χ3n) is 3.33. The standard InChI is InChI=1S/C16H18O4/c1-10(11(2)15(17)18)14(12(3)16(19)20)9-13-7-5-4-6-8-13/h4-8H,9H2,1-3H3,(H,17,18)(H,19,20). The molecule has 0 saturated heterocycles.